The molecule has 8 nitrogen and oxygen atoms in total. The lowest BCUT2D eigenvalue weighted by Crippen LogP contribution is -2.58. The Morgan fingerprint density at radius 2 is 2.11 bits per heavy atom. The van der Waals surface area contributed by atoms with E-state index in [4.69, 9.17) is 0 Å². The fraction of sp³-hybridized carbons (Fsp3) is 0.789. The molecule has 4 rings (SSSR count). The van der Waals surface area contributed by atoms with Crippen LogP contribution in [0.1, 0.15) is 45.2 Å². The predicted molar refractivity (Wildman–Crippen MR) is 102 cm³/mol. The molecule has 2 N–H and O–H groups in total. The van der Waals surface area contributed by atoms with Gasteiger partial charge in [-0.25, -0.2) is 0 Å². The summed E-state index contributed by atoms with van der Waals surface area (Å²) in [5.74, 6) is 0.545. The van der Waals surface area contributed by atoms with Crippen molar-refractivity contribution in [2.24, 2.45) is 11.8 Å². The zero-order valence-corrected chi connectivity index (χ0v) is 16.5. The molecule has 4 atom stereocenters. The molecule has 3 saturated heterocycles. The Balaban J connectivity index is 1.47. The second kappa shape index (κ2) is 9.30. The molecule has 150 valence electrons. The molecule has 4 heterocycles. The van der Waals surface area contributed by atoms with Crippen LogP contribution in [0, 0.1) is 11.8 Å². The maximum absolute atomic E-state index is 12.5. The van der Waals surface area contributed by atoms with Crippen molar-refractivity contribution < 1.29 is 9.59 Å². The smallest absolute Gasteiger partial charge is 0.224 e. The van der Waals surface area contributed by atoms with E-state index in [9.17, 15) is 9.59 Å². The first kappa shape index (κ1) is 19.8. The van der Waals surface area contributed by atoms with Gasteiger partial charge in [0.1, 0.15) is 0 Å². The molecule has 0 aliphatic carbocycles. The molecule has 1 aromatic rings. The Kier molecular flexibility index (Phi) is 6.82. The van der Waals surface area contributed by atoms with Gasteiger partial charge in [-0.3, -0.25) is 19.2 Å². The van der Waals surface area contributed by atoms with Crippen molar-refractivity contribution in [2.45, 2.75) is 58.5 Å². The van der Waals surface area contributed by atoms with E-state index in [0.717, 1.165) is 51.0 Å². The van der Waals surface area contributed by atoms with Crippen LogP contribution in [-0.4, -0.2) is 63.9 Å². The highest BCUT2D eigenvalue weighted by molar-refractivity contribution is 5.79. The van der Waals surface area contributed by atoms with Crippen molar-refractivity contribution in [3.63, 3.8) is 0 Å². The first-order valence-corrected chi connectivity index (χ1v) is 10.2. The van der Waals surface area contributed by atoms with Crippen molar-refractivity contribution in [1.82, 2.24) is 30.5 Å². The van der Waals surface area contributed by atoms with Crippen LogP contribution in [0.3, 0.4) is 0 Å². The molecule has 0 saturated carbocycles. The van der Waals surface area contributed by atoms with E-state index in [1.54, 1.807) is 0 Å². The van der Waals surface area contributed by atoms with E-state index in [-0.39, 0.29) is 17.7 Å². The van der Waals surface area contributed by atoms with Gasteiger partial charge in [-0.05, 0) is 38.1 Å². The lowest BCUT2D eigenvalue weighted by Gasteiger charge is -2.49. The molecule has 27 heavy (non-hydrogen) atoms. The molecule has 3 aliphatic heterocycles. The highest BCUT2D eigenvalue weighted by atomic mass is 16.2. The lowest BCUT2D eigenvalue weighted by atomic mass is 9.75. The van der Waals surface area contributed by atoms with Gasteiger partial charge in [0.15, 0.2) is 0 Å². The first-order valence-electron chi connectivity index (χ1n) is 10.2. The quantitative estimate of drug-likeness (QED) is 0.615. The second-order valence-corrected chi connectivity index (χ2v) is 7.85. The fourth-order valence-electron chi connectivity index (χ4n) is 4.30. The Morgan fingerprint density at radius 1 is 1.30 bits per heavy atom. The number of unbranched alkanes of at least 4 members (excludes halogenated alkanes) is 1. The molecule has 4 unspecified atom stereocenters. The summed E-state index contributed by atoms with van der Waals surface area (Å²) in [4.78, 5) is 25.9. The number of rotatable bonds is 9. The monoisotopic (exact) mass is 376 g/mol. The summed E-state index contributed by atoms with van der Waals surface area (Å²) < 4.78 is 1.97. The summed E-state index contributed by atoms with van der Waals surface area (Å²) in [6.07, 6.45) is 7.50. The van der Waals surface area contributed by atoms with E-state index < -0.39 is 0 Å². The van der Waals surface area contributed by atoms with Crippen LogP contribution in [0.5, 0.6) is 0 Å². The summed E-state index contributed by atoms with van der Waals surface area (Å²) in [6.45, 7) is 7.37. The van der Waals surface area contributed by atoms with Gasteiger partial charge < -0.3 is 10.6 Å². The maximum atomic E-state index is 12.5. The minimum Gasteiger partial charge on any atom is -0.355 e. The van der Waals surface area contributed by atoms with E-state index in [2.05, 4.69) is 39.0 Å². The molecule has 0 radical (unpaired) electrons. The SMILES string of the molecule is CCCCc1cn(CC2CC3CCN2CC3C(=O)NCCNC(C)=O)nn1. The lowest BCUT2D eigenvalue weighted by molar-refractivity contribution is -0.133. The van der Waals surface area contributed by atoms with Crippen LogP contribution in [0.25, 0.3) is 0 Å². The number of nitrogens with one attached hydrogen (secondary N) is 2. The van der Waals surface area contributed by atoms with Gasteiger partial charge in [-0.1, -0.05) is 18.6 Å². The van der Waals surface area contributed by atoms with Gasteiger partial charge in [0, 0.05) is 38.8 Å². The largest absolute Gasteiger partial charge is 0.355 e. The third kappa shape index (κ3) is 5.28. The zero-order valence-electron chi connectivity index (χ0n) is 16.5. The Hall–Kier alpha value is -1.96. The Bertz CT molecular complexity index is 646. The highest BCUT2D eigenvalue weighted by Gasteiger charge is 2.43. The number of fused-ring (bicyclic) bond motifs is 3. The van der Waals surface area contributed by atoms with Crippen molar-refractivity contribution in [3.8, 4) is 0 Å². The molecule has 8 heteroatoms. The number of nitrogens with zero attached hydrogens (tertiary/aromatic N) is 4. The van der Waals surface area contributed by atoms with Gasteiger partial charge in [0.05, 0.1) is 18.2 Å². The molecule has 2 bridgehead atoms. The van der Waals surface area contributed by atoms with Crippen LogP contribution in [0.2, 0.25) is 0 Å². The number of amides is 2. The number of piperidine rings is 3. The molecule has 0 aromatic carbocycles. The molecular weight excluding hydrogens is 344 g/mol. The van der Waals surface area contributed by atoms with Crippen molar-refractivity contribution >= 4 is 11.8 Å². The third-order valence-corrected chi connectivity index (χ3v) is 5.78. The van der Waals surface area contributed by atoms with Crippen LogP contribution >= 0.6 is 0 Å². The molecular formula is C19H32N6O2. The average Bonchev–Trinajstić information content (AvgIpc) is 3.11. The van der Waals surface area contributed by atoms with Crippen molar-refractivity contribution in [3.05, 3.63) is 11.9 Å². The highest BCUT2D eigenvalue weighted by Crippen LogP contribution is 2.36. The minimum absolute atomic E-state index is 0.0585. The number of carbonyl (C=O) groups excluding carboxylic acids is 2. The summed E-state index contributed by atoms with van der Waals surface area (Å²) in [7, 11) is 0. The molecule has 2 amide bonds. The first-order chi connectivity index (χ1) is 13.1. The van der Waals surface area contributed by atoms with Crippen molar-refractivity contribution in [1.29, 1.82) is 0 Å². The Labute approximate surface area is 161 Å². The normalized spacial score (nSPS) is 26.7. The maximum Gasteiger partial charge on any atom is 0.224 e. The molecule has 3 fully saturated rings. The summed E-state index contributed by atoms with van der Waals surface area (Å²) >= 11 is 0. The zero-order chi connectivity index (χ0) is 19.2. The Morgan fingerprint density at radius 3 is 2.81 bits per heavy atom. The van der Waals surface area contributed by atoms with E-state index >= 15 is 0 Å². The summed E-state index contributed by atoms with van der Waals surface area (Å²) in [5.41, 5.74) is 1.07. The van der Waals surface area contributed by atoms with Crippen molar-refractivity contribution in [2.75, 3.05) is 26.2 Å². The van der Waals surface area contributed by atoms with E-state index in [1.165, 1.54) is 13.3 Å². The van der Waals surface area contributed by atoms with Crippen LogP contribution < -0.4 is 10.6 Å². The standard InChI is InChI=1S/C19H32N6O2/c1-3-4-5-16-11-25(23-22-16)12-17-10-15-6-9-24(17)13-18(15)19(27)21-8-7-20-14(2)26/h11,15,17-18H,3-10,12-13H2,1-2H3,(H,20,26)(H,21,27). The van der Waals surface area contributed by atoms with E-state index in [0.29, 0.717) is 25.0 Å². The third-order valence-electron chi connectivity index (χ3n) is 5.78. The van der Waals surface area contributed by atoms with Gasteiger partial charge >= 0.3 is 0 Å². The minimum atomic E-state index is -0.0686. The number of carbonyl (C=O) groups is 2. The molecule has 3 aliphatic rings. The molecule has 1 aromatic heterocycles. The van der Waals surface area contributed by atoms with Gasteiger partial charge in [-0.15, -0.1) is 5.10 Å². The second-order valence-electron chi connectivity index (χ2n) is 7.85. The average molecular weight is 377 g/mol. The van der Waals surface area contributed by atoms with Gasteiger partial charge in [0.2, 0.25) is 11.8 Å². The van der Waals surface area contributed by atoms with E-state index in [1.807, 2.05) is 4.68 Å². The van der Waals surface area contributed by atoms with Gasteiger partial charge in [0.25, 0.3) is 0 Å². The topological polar surface area (TPSA) is 92.2 Å². The number of hydrogen-bond acceptors (Lipinski definition) is 5. The molecule has 0 spiro atoms. The number of hydrogen-bond donors (Lipinski definition) is 2. The van der Waals surface area contributed by atoms with Crippen LogP contribution in [0.15, 0.2) is 6.20 Å². The van der Waals surface area contributed by atoms with Crippen LogP contribution in [-0.2, 0) is 22.6 Å². The summed E-state index contributed by atoms with van der Waals surface area (Å²) in [6, 6.07) is 0.438. The summed E-state index contributed by atoms with van der Waals surface area (Å²) in [5, 5.41) is 14.2. The fourth-order valence-corrected chi connectivity index (χ4v) is 4.30. The van der Waals surface area contributed by atoms with Crippen LogP contribution in [0.4, 0.5) is 0 Å². The predicted octanol–water partition coefficient (Wildman–Crippen LogP) is 0.583. The number of aryl methyl sites for hydroxylation is 1. The van der Waals surface area contributed by atoms with Gasteiger partial charge in [-0.2, -0.15) is 0 Å². The number of aromatic nitrogens is 3.